The highest BCUT2D eigenvalue weighted by Crippen LogP contribution is 2.27. The van der Waals surface area contributed by atoms with Crippen molar-refractivity contribution >= 4 is 21.4 Å². The minimum absolute atomic E-state index is 0.0887. The van der Waals surface area contributed by atoms with Crippen molar-refractivity contribution in [1.29, 1.82) is 0 Å². The number of H-pyrrole nitrogens is 1. The van der Waals surface area contributed by atoms with Crippen molar-refractivity contribution in [2.24, 2.45) is 0 Å². The van der Waals surface area contributed by atoms with Gasteiger partial charge in [0.15, 0.2) is 9.84 Å². The molecule has 5 heteroatoms. The Balaban J connectivity index is 2.55. The monoisotopic (exact) mass is 269 g/mol. The Hall–Kier alpha value is -1.26. The second-order valence-electron chi connectivity index (χ2n) is 3.63. The molecule has 90 valence electrons. The van der Waals surface area contributed by atoms with Crippen molar-refractivity contribution in [3.05, 3.63) is 41.6 Å². The van der Waals surface area contributed by atoms with Gasteiger partial charge in [-0.2, -0.15) is 0 Å². The summed E-state index contributed by atoms with van der Waals surface area (Å²) < 4.78 is 23.8. The Morgan fingerprint density at radius 3 is 2.41 bits per heavy atom. The van der Waals surface area contributed by atoms with Gasteiger partial charge in [0.1, 0.15) is 0 Å². The average Bonchev–Trinajstić information content (AvgIpc) is 2.80. The number of nitrogens with one attached hydrogen (secondary N) is 1. The fourth-order valence-electron chi connectivity index (χ4n) is 1.61. The van der Waals surface area contributed by atoms with E-state index in [0.29, 0.717) is 15.6 Å². The van der Waals surface area contributed by atoms with Crippen LogP contribution < -0.4 is 0 Å². The van der Waals surface area contributed by atoms with E-state index in [2.05, 4.69) is 4.98 Å². The maximum atomic E-state index is 11.9. The Morgan fingerprint density at radius 1 is 1.18 bits per heavy atom. The standard InChI is InChI=1S/C12H12ClNO2S/c1-2-17(15,16)11-7-8-14-12(11)9-3-5-10(13)6-4-9/h3-8,14H,2H2,1H3. The van der Waals surface area contributed by atoms with E-state index in [4.69, 9.17) is 11.6 Å². The highest BCUT2D eigenvalue weighted by molar-refractivity contribution is 7.91. The molecular formula is C12H12ClNO2S. The maximum Gasteiger partial charge on any atom is 0.180 e. The van der Waals surface area contributed by atoms with Gasteiger partial charge in [0.05, 0.1) is 16.3 Å². The highest BCUT2D eigenvalue weighted by atomic mass is 35.5. The highest BCUT2D eigenvalue weighted by Gasteiger charge is 2.18. The van der Waals surface area contributed by atoms with Gasteiger partial charge in [0.25, 0.3) is 0 Å². The van der Waals surface area contributed by atoms with Gasteiger partial charge in [-0.15, -0.1) is 0 Å². The van der Waals surface area contributed by atoms with E-state index in [1.54, 1.807) is 43.5 Å². The molecule has 1 aromatic heterocycles. The van der Waals surface area contributed by atoms with Crippen LogP contribution in [0.3, 0.4) is 0 Å². The van der Waals surface area contributed by atoms with E-state index in [9.17, 15) is 8.42 Å². The predicted molar refractivity (Wildman–Crippen MR) is 69.0 cm³/mol. The van der Waals surface area contributed by atoms with E-state index in [-0.39, 0.29) is 5.75 Å². The molecule has 1 heterocycles. The van der Waals surface area contributed by atoms with Gasteiger partial charge < -0.3 is 4.98 Å². The van der Waals surface area contributed by atoms with Crippen LogP contribution in [-0.2, 0) is 9.84 Å². The molecule has 0 fully saturated rings. The molecule has 1 N–H and O–H groups in total. The second-order valence-corrected chi connectivity index (χ2v) is 6.31. The quantitative estimate of drug-likeness (QED) is 0.931. The minimum Gasteiger partial charge on any atom is -0.360 e. The van der Waals surface area contributed by atoms with Gasteiger partial charge in [-0.05, 0) is 23.8 Å². The first kappa shape index (κ1) is 12.2. The van der Waals surface area contributed by atoms with Crippen molar-refractivity contribution in [3.63, 3.8) is 0 Å². The Bertz CT molecular complexity index is 614. The Kier molecular flexibility index (Phi) is 3.26. The molecule has 0 bridgehead atoms. The van der Waals surface area contributed by atoms with Crippen molar-refractivity contribution in [2.75, 3.05) is 5.75 Å². The third kappa shape index (κ3) is 2.37. The average molecular weight is 270 g/mol. The number of sulfone groups is 1. The topological polar surface area (TPSA) is 49.9 Å². The SMILES string of the molecule is CCS(=O)(=O)c1cc[nH]c1-c1ccc(Cl)cc1. The zero-order chi connectivity index (χ0) is 12.5. The van der Waals surface area contributed by atoms with Crippen LogP contribution in [0.1, 0.15) is 6.92 Å². The van der Waals surface area contributed by atoms with Crippen LogP contribution in [0, 0.1) is 0 Å². The number of halogens is 1. The Morgan fingerprint density at radius 2 is 1.82 bits per heavy atom. The molecule has 0 saturated heterocycles. The van der Waals surface area contributed by atoms with Gasteiger partial charge in [0.2, 0.25) is 0 Å². The molecule has 0 unspecified atom stereocenters. The first-order chi connectivity index (χ1) is 8.04. The lowest BCUT2D eigenvalue weighted by atomic mass is 10.2. The molecule has 17 heavy (non-hydrogen) atoms. The first-order valence-corrected chi connectivity index (χ1v) is 7.23. The number of aromatic amines is 1. The third-order valence-electron chi connectivity index (χ3n) is 2.56. The van der Waals surface area contributed by atoms with Gasteiger partial charge in [-0.1, -0.05) is 30.7 Å². The van der Waals surface area contributed by atoms with Gasteiger partial charge in [-0.3, -0.25) is 0 Å². The summed E-state index contributed by atoms with van der Waals surface area (Å²) in [4.78, 5) is 3.30. The van der Waals surface area contributed by atoms with E-state index in [0.717, 1.165) is 5.56 Å². The normalized spacial score (nSPS) is 11.6. The maximum absolute atomic E-state index is 11.9. The summed E-state index contributed by atoms with van der Waals surface area (Å²) >= 11 is 5.80. The van der Waals surface area contributed by atoms with Crippen molar-refractivity contribution in [3.8, 4) is 11.3 Å². The lowest BCUT2D eigenvalue weighted by Gasteiger charge is -2.04. The molecular weight excluding hydrogens is 258 g/mol. The van der Waals surface area contributed by atoms with Crippen LogP contribution in [0.25, 0.3) is 11.3 Å². The summed E-state index contributed by atoms with van der Waals surface area (Å²) in [5, 5.41) is 0.625. The number of rotatable bonds is 3. The summed E-state index contributed by atoms with van der Waals surface area (Å²) in [6.07, 6.45) is 1.63. The summed E-state index contributed by atoms with van der Waals surface area (Å²) in [6, 6.07) is 8.65. The summed E-state index contributed by atoms with van der Waals surface area (Å²) in [7, 11) is -3.21. The molecule has 2 rings (SSSR count). The molecule has 0 atom stereocenters. The van der Waals surface area contributed by atoms with Crippen LogP contribution >= 0.6 is 11.6 Å². The van der Waals surface area contributed by atoms with E-state index >= 15 is 0 Å². The van der Waals surface area contributed by atoms with Crippen LogP contribution in [-0.4, -0.2) is 19.2 Å². The van der Waals surface area contributed by atoms with Gasteiger partial charge >= 0.3 is 0 Å². The molecule has 0 saturated carbocycles. The van der Waals surface area contributed by atoms with Crippen LogP contribution in [0.4, 0.5) is 0 Å². The number of benzene rings is 1. The Labute approximate surface area is 105 Å². The molecule has 0 spiro atoms. The third-order valence-corrected chi connectivity index (χ3v) is 4.58. The number of hydrogen-bond donors (Lipinski definition) is 1. The second kappa shape index (κ2) is 4.55. The molecule has 2 aromatic rings. The fraction of sp³-hybridized carbons (Fsp3) is 0.167. The molecule has 0 aliphatic carbocycles. The van der Waals surface area contributed by atoms with E-state index in [1.807, 2.05) is 0 Å². The molecule has 0 aliphatic rings. The van der Waals surface area contributed by atoms with Crippen LogP contribution in [0.15, 0.2) is 41.4 Å². The van der Waals surface area contributed by atoms with Gasteiger partial charge in [0, 0.05) is 11.2 Å². The molecule has 0 aliphatic heterocycles. The number of hydrogen-bond acceptors (Lipinski definition) is 2. The largest absolute Gasteiger partial charge is 0.360 e. The zero-order valence-electron chi connectivity index (χ0n) is 9.27. The molecule has 1 aromatic carbocycles. The summed E-state index contributed by atoms with van der Waals surface area (Å²) in [5.41, 5.74) is 1.43. The van der Waals surface area contributed by atoms with Crippen molar-refractivity contribution in [1.82, 2.24) is 4.98 Å². The fourth-order valence-corrected chi connectivity index (χ4v) is 2.81. The lowest BCUT2D eigenvalue weighted by molar-refractivity contribution is 0.597. The van der Waals surface area contributed by atoms with Crippen LogP contribution in [0.5, 0.6) is 0 Å². The molecule has 0 radical (unpaired) electrons. The molecule has 3 nitrogen and oxygen atoms in total. The van der Waals surface area contributed by atoms with Crippen LogP contribution in [0.2, 0.25) is 5.02 Å². The first-order valence-electron chi connectivity index (χ1n) is 5.20. The summed E-state index contributed by atoms with van der Waals surface area (Å²) in [6.45, 7) is 1.63. The minimum atomic E-state index is -3.21. The van der Waals surface area contributed by atoms with Crippen molar-refractivity contribution in [2.45, 2.75) is 11.8 Å². The van der Waals surface area contributed by atoms with E-state index in [1.165, 1.54) is 0 Å². The number of aromatic nitrogens is 1. The zero-order valence-corrected chi connectivity index (χ0v) is 10.8. The predicted octanol–water partition coefficient (Wildman–Crippen LogP) is 3.13. The lowest BCUT2D eigenvalue weighted by Crippen LogP contribution is -2.03. The smallest absolute Gasteiger partial charge is 0.180 e. The summed E-state index contributed by atoms with van der Waals surface area (Å²) in [5.74, 6) is 0.0887. The molecule has 0 amide bonds. The van der Waals surface area contributed by atoms with E-state index < -0.39 is 9.84 Å². The van der Waals surface area contributed by atoms with Crippen molar-refractivity contribution < 1.29 is 8.42 Å². The van der Waals surface area contributed by atoms with Gasteiger partial charge in [-0.25, -0.2) is 8.42 Å².